The van der Waals surface area contributed by atoms with Gasteiger partial charge in [-0.15, -0.1) is 0 Å². The van der Waals surface area contributed by atoms with Gasteiger partial charge in [0.15, 0.2) is 5.75 Å². The monoisotopic (exact) mass is 1920 g/mol. The number of hydrogen-bond donors (Lipinski definition) is 0. The van der Waals surface area contributed by atoms with Gasteiger partial charge in [-0.3, -0.25) is 0 Å². The van der Waals surface area contributed by atoms with Gasteiger partial charge in [-0.1, -0.05) is 394 Å². The Hall–Kier alpha value is -19.2. The molecule has 0 N–H and O–H groups in total. The van der Waals surface area contributed by atoms with E-state index in [1.54, 1.807) is 0 Å². The van der Waals surface area contributed by atoms with Gasteiger partial charge < -0.3 is 36.9 Å². The molecule has 36 rings (SSSR count). The van der Waals surface area contributed by atoms with Crippen LogP contribution in [0.15, 0.2) is 519 Å². The molecule has 0 bridgehead atoms. The highest BCUT2D eigenvalue weighted by atomic mass is 32.2. The molecular weight excluding hydrogens is 1840 g/mol. The smallest absolute Gasteiger partial charge is 0.156 e. The molecule has 3 unspecified atom stereocenters. The van der Waals surface area contributed by atoms with E-state index in [0.717, 1.165) is 62.0 Å². The molecule has 30 aromatic rings. The summed E-state index contributed by atoms with van der Waals surface area (Å²) in [7, 11) is 0. The second kappa shape index (κ2) is 30.5. The first kappa shape index (κ1) is 82.1. The van der Waals surface area contributed by atoms with Crippen molar-refractivity contribution in [2.45, 2.75) is 26.0 Å². The molecule has 0 amide bonds. The second-order valence-electron chi connectivity index (χ2n) is 41.0. The molecule has 8 nitrogen and oxygen atoms in total. The Balaban J connectivity index is 0.0000000957. The summed E-state index contributed by atoms with van der Waals surface area (Å²) in [6.45, 7) is 0. The van der Waals surface area contributed by atoms with E-state index in [4.69, 9.17) is 9.47 Å². The Bertz CT molecular complexity index is 11000. The molecular formula is C141H84N6O2S. The number of aromatic nitrogens is 6. The molecule has 696 valence electrons. The van der Waals surface area contributed by atoms with Crippen LogP contribution in [0.5, 0.6) is 23.0 Å². The van der Waals surface area contributed by atoms with E-state index in [-0.39, 0.29) is 0 Å². The molecule has 9 heteroatoms. The fraction of sp³-hybridized carbons (Fsp3) is 0.0213. The molecule has 0 radical (unpaired) electrons. The van der Waals surface area contributed by atoms with Gasteiger partial charge >= 0.3 is 0 Å². The Kier molecular flexibility index (Phi) is 16.7. The Morgan fingerprint density at radius 1 is 0.167 bits per heavy atom. The number of fused-ring (bicyclic) bond motifs is 47. The van der Waals surface area contributed by atoms with Crippen LogP contribution in [0.25, 0.3) is 197 Å². The van der Waals surface area contributed by atoms with Crippen LogP contribution >= 0.6 is 11.8 Å². The number of hydrogen-bond acceptors (Lipinski definition) is 3. The van der Waals surface area contributed by atoms with E-state index < -0.39 is 16.2 Å². The fourth-order valence-electron chi connectivity index (χ4n) is 28.2. The van der Waals surface area contributed by atoms with Crippen LogP contribution in [0.4, 0.5) is 0 Å². The Morgan fingerprint density at radius 3 is 0.987 bits per heavy atom. The average Bonchev–Trinajstić information content (AvgIpc) is 1.43. The van der Waals surface area contributed by atoms with E-state index in [1.807, 2.05) is 11.8 Å². The summed E-state index contributed by atoms with van der Waals surface area (Å²) in [6.07, 6.45) is 0. The normalized spacial score (nSPS) is 15.9. The van der Waals surface area contributed by atoms with E-state index in [1.165, 1.54) is 235 Å². The maximum absolute atomic E-state index is 7.23. The lowest BCUT2D eigenvalue weighted by Crippen LogP contribution is -2.37. The lowest BCUT2D eigenvalue weighted by atomic mass is 9.61. The Morgan fingerprint density at radius 2 is 0.500 bits per heavy atom. The van der Waals surface area contributed by atoms with Crippen molar-refractivity contribution in [3.8, 4) is 57.1 Å². The van der Waals surface area contributed by atoms with Crippen molar-refractivity contribution in [2.75, 3.05) is 0 Å². The molecule has 0 aliphatic carbocycles. The summed E-state index contributed by atoms with van der Waals surface area (Å²) in [4.78, 5) is 2.65. The predicted molar refractivity (Wildman–Crippen MR) is 618 cm³/mol. The van der Waals surface area contributed by atoms with Crippen LogP contribution < -0.4 is 9.47 Å². The maximum Gasteiger partial charge on any atom is 0.156 e. The van der Waals surface area contributed by atoms with E-state index >= 15 is 0 Å². The zero-order chi connectivity index (χ0) is 97.7. The molecule has 150 heavy (non-hydrogen) atoms. The van der Waals surface area contributed by atoms with Crippen molar-refractivity contribution >= 4 is 175 Å². The van der Waals surface area contributed by atoms with Gasteiger partial charge in [0.2, 0.25) is 0 Å². The van der Waals surface area contributed by atoms with Gasteiger partial charge in [-0.2, -0.15) is 0 Å². The van der Waals surface area contributed by atoms with Crippen molar-refractivity contribution in [1.82, 2.24) is 27.4 Å². The van der Waals surface area contributed by atoms with Crippen molar-refractivity contribution in [1.29, 1.82) is 0 Å². The van der Waals surface area contributed by atoms with Crippen LogP contribution in [-0.2, 0) is 16.2 Å². The number of nitrogens with zero attached hydrogens (tertiary/aromatic N) is 6. The van der Waals surface area contributed by atoms with E-state index in [2.05, 4.69) is 537 Å². The van der Waals surface area contributed by atoms with Crippen molar-refractivity contribution in [3.63, 3.8) is 0 Å². The molecule has 0 saturated carbocycles. The third-order valence-corrected chi connectivity index (χ3v) is 35.2. The summed E-state index contributed by atoms with van der Waals surface area (Å²) < 4.78 is 29.0. The minimum absolute atomic E-state index is 0.502. The van der Waals surface area contributed by atoms with Gasteiger partial charge in [-0.25, -0.2) is 0 Å². The minimum Gasteiger partial charge on any atom is -0.457 e. The number of benzene rings is 24. The number of ether oxygens (including phenoxy) is 2. The standard InChI is InChI=1S/2C47H28N2O.C47H28N2S/c1-2-13-30-26-31(25-24-29(30)12-1)48-40-20-7-4-15-33(40)35-27-39-45(28-43(35)48)50-44-23-10-6-18-37(44)47(39)36-17-5-9-22-42(36)49-41-21-8-3-14-32(41)34-16-11-19-38(47)46(34)49;1-2-13-30-28-31(25-24-29(30)12-1)48-40-20-7-3-15-33(40)35-26-27-39-46(45(35)48)50-43-23-10-6-18-37(43)47(39)36-17-5-9-22-42(36)49-41-21-8-4-14-32(41)34-16-11-19-38(47)44(34)49;1-2-13-30-28-31(25-24-29(30)12-1)48-40-21-8-4-15-34(40)44-42(48)27-26-38-46(44)50-43-23-10-6-18-36(43)47(38)35-17-5-9-22-41(35)49-39-20-7-3-14-32(39)33-16-11-19-37(47)45(33)49/h3*1-28H. The van der Waals surface area contributed by atoms with E-state index in [9.17, 15) is 0 Å². The van der Waals surface area contributed by atoms with Crippen LogP contribution in [0.2, 0.25) is 0 Å². The summed E-state index contributed by atoms with van der Waals surface area (Å²) in [5.74, 6) is 3.57. The van der Waals surface area contributed by atoms with Gasteiger partial charge in [-0.05, 0) is 198 Å². The van der Waals surface area contributed by atoms with Crippen molar-refractivity contribution in [3.05, 3.63) is 576 Å². The van der Waals surface area contributed by atoms with Crippen molar-refractivity contribution in [2.24, 2.45) is 0 Å². The van der Waals surface area contributed by atoms with Crippen LogP contribution in [0.1, 0.15) is 66.8 Å². The topological polar surface area (TPSA) is 48.0 Å². The minimum atomic E-state index is -0.622. The van der Waals surface area contributed by atoms with Gasteiger partial charge in [0, 0.05) is 120 Å². The first-order chi connectivity index (χ1) is 74.4. The Labute approximate surface area is 864 Å². The molecule has 24 aromatic carbocycles. The maximum atomic E-state index is 7.23. The summed E-state index contributed by atoms with van der Waals surface area (Å²) >= 11 is 1.94. The fourth-order valence-corrected chi connectivity index (χ4v) is 29.6. The summed E-state index contributed by atoms with van der Waals surface area (Å²) in [5, 5.41) is 22.5. The molecule has 0 saturated heterocycles. The van der Waals surface area contributed by atoms with Gasteiger partial charge in [0.25, 0.3) is 0 Å². The van der Waals surface area contributed by atoms with Crippen molar-refractivity contribution < 1.29 is 9.47 Å². The molecule has 3 spiro atoms. The third-order valence-electron chi connectivity index (χ3n) is 34.0. The number of rotatable bonds is 3. The lowest BCUT2D eigenvalue weighted by Gasteiger charge is -2.45. The molecule has 0 fully saturated rings. The molecule has 6 aromatic heterocycles. The quantitative estimate of drug-likeness (QED) is 0.177. The average molecular weight is 1930 g/mol. The van der Waals surface area contributed by atoms with Gasteiger partial charge in [0.1, 0.15) is 17.2 Å². The SMILES string of the molecule is c1ccc2c(c1)Oc1c(ccc3c4ccccc4n(-c4ccc5ccccc5c4)c13)C21c2ccccc2-n2c3ccccc3c3cccc1c32.c1ccc2c(c1)Oc1cc3c(cc1C21c2ccccc2-n2c4ccccc4c4cccc1c42)c1ccccc1n3-c1ccc2ccccc2c1.c1ccc2c(c1)Sc1c(ccc3c1c1ccccc1n3-c1ccc3ccccc3c1)C21c2ccccc2-n2c3ccccc3c3cccc1c32. The summed E-state index contributed by atoms with van der Waals surface area (Å²) in [6, 6.07) is 188. The van der Waals surface area contributed by atoms with Crippen LogP contribution in [-0.4, -0.2) is 27.4 Å². The zero-order valence-corrected chi connectivity index (χ0v) is 81.7. The molecule has 6 aliphatic rings. The molecule has 12 heterocycles. The summed E-state index contributed by atoms with van der Waals surface area (Å²) in [5.41, 5.74) is 35.0. The molecule has 3 atom stereocenters. The zero-order valence-electron chi connectivity index (χ0n) is 80.9. The van der Waals surface area contributed by atoms with E-state index in [0.29, 0.717) is 0 Å². The second-order valence-corrected chi connectivity index (χ2v) is 42.0. The third kappa shape index (κ3) is 10.6. The van der Waals surface area contributed by atoms with Crippen LogP contribution in [0, 0.1) is 0 Å². The van der Waals surface area contributed by atoms with Gasteiger partial charge in [0.05, 0.1) is 99.5 Å². The molecule has 6 aliphatic heterocycles. The highest BCUT2D eigenvalue weighted by Gasteiger charge is 2.55. The first-order valence-corrected chi connectivity index (χ1v) is 52.6. The predicted octanol–water partition coefficient (Wildman–Crippen LogP) is 35.9. The first-order valence-electron chi connectivity index (χ1n) is 51.8. The highest BCUT2D eigenvalue weighted by molar-refractivity contribution is 7.99. The largest absolute Gasteiger partial charge is 0.457 e. The van der Waals surface area contributed by atoms with Crippen LogP contribution in [0.3, 0.4) is 0 Å². The number of para-hydroxylation sites is 14. The lowest BCUT2D eigenvalue weighted by molar-refractivity contribution is 0.434. The highest BCUT2D eigenvalue weighted by Crippen LogP contribution is 2.67.